The first-order valence-corrected chi connectivity index (χ1v) is 10.4. The summed E-state index contributed by atoms with van der Waals surface area (Å²) in [6.07, 6.45) is 7.34. The summed E-state index contributed by atoms with van der Waals surface area (Å²) >= 11 is 0. The quantitative estimate of drug-likeness (QED) is 0.858. The van der Waals surface area contributed by atoms with Crippen molar-refractivity contribution >= 4 is 23.0 Å². The summed E-state index contributed by atoms with van der Waals surface area (Å²) in [6, 6.07) is 4.34. The second kappa shape index (κ2) is 7.35. The van der Waals surface area contributed by atoms with Crippen molar-refractivity contribution in [2.75, 3.05) is 7.05 Å². The second-order valence-electron chi connectivity index (χ2n) is 9.29. The summed E-state index contributed by atoms with van der Waals surface area (Å²) in [5, 5.41) is 0.995. The molecule has 2 unspecified atom stereocenters. The van der Waals surface area contributed by atoms with Gasteiger partial charge in [-0.2, -0.15) is 0 Å². The number of fused-ring (bicyclic) bond motifs is 3. The van der Waals surface area contributed by atoms with Crippen LogP contribution in [-0.4, -0.2) is 62.5 Å². The van der Waals surface area contributed by atoms with Crippen molar-refractivity contribution in [3.8, 4) is 0 Å². The third-order valence-corrected chi connectivity index (χ3v) is 6.13. The average molecular weight is 399 g/mol. The molecule has 0 spiro atoms. The molecule has 1 N–H and O–H groups in total. The Morgan fingerprint density at radius 1 is 1.28 bits per heavy atom. The maximum Gasteiger partial charge on any atom is 0.410 e. The highest BCUT2D eigenvalue weighted by atomic mass is 16.6. The Morgan fingerprint density at radius 3 is 2.62 bits per heavy atom. The maximum atomic E-state index is 13.0. The molecule has 2 amide bonds. The van der Waals surface area contributed by atoms with Gasteiger partial charge >= 0.3 is 6.09 Å². The number of ether oxygens (including phenoxy) is 1. The van der Waals surface area contributed by atoms with Gasteiger partial charge in [-0.15, -0.1) is 0 Å². The smallest absolute Gasteiger partial charge is 0.410 e. The molecule has 0 saturated carbocycles. The Morgan fingerprint density at radius 2 is 1.97 bits per heavy atom. The minimum atomic E-state index is -0.492. The van der Waals surface area contributed by atoms with E-state index in [1.165, 1.54) is 0 Å². The molecule has 7 nitrogen and oxygen atoms in total. The first-order valence-electron chi connectivity index (χ1n) is 10.4. The highest BCUT2D eigenvalue weighted by Crippen LogP contribution is 2.38. The van der Waals surface area contributed by atoms with E-state index in [1.807, 2.05) is 55.9 Å². The number of likely N-dealkylation sites (N-methyl/N-ethyl adjacent to an activating group) is 1. The van der Waals surface area contributed by atoms with Crippen molar-refractivity contribution < 1.29 is 14.3 Å². The van der Waals surface area contributed by atoms with Crippen LogP contribution in [0.4, 0.5) is 4.79 Å². The number of amides is 2. The summed E-state index contributed by atoms with van der Waals surface area (Å²) in [7, 11) is 1.89. The number of aromatic amines is 1. The molecule has 4 rings (SSSR count). The maximum absolute atomic E-state index is 13.0. The second-order valence-corrected chi connectivity index (χ2v) is 9.29. The zero-order valence-electron chi connectivity index (χ0n) is 17.6. The predicted octanol–water partition coefficient (Wildman–Crippen LogP) is 3.49. The average Bonchev–Trinajstić information content (AvgIpc) is 3.18. The first-order chi connectivity index (χ1) is 13.7. The van der Waals surface area contributed by atoms with Gasteiger partial charge in [-0.3, -0.25) is 4.79 Å². The molecule has 0 aliphatic carbocycles. The lowest BCUT2D eigenvalue weighted by molar-refractivity contribution is -0.132. The molecule has 2 aromatic rings. The van der Waals surface area contributed by atoms with Gasteiger partial charge in [-0.1, -0.05) is 0 Å². The van der Waals surface area contributed by atoms with Crippen LogP contribution in [0.15, 0.2) is 24.5 Å². The summed E-state index contributed by atoms with van der Waals surface area (Å²) in [5.74, 6) is 0.102. The molecule has 0 aromatic carbocycles. The van der Waals surface area contributed by atoms with Gasteiger partial charge in [-0.25, -0.2) is 9.78 Å². The Kier molecular flexibility index (Phi) is 5.00. The number of nitrogens with one attached hydrogen (secondary N) is 1. The van der Waals surface area contributed by atoms with E-state index in [1.54, 1.807) is 6.20 Å². The van der Waals surface area contributed by atoms with E-state index < -0.39 is 5.60 Å². The lowest BCUT2D eigenvalue weighted by Crippen LogP contribution is -2.54. The van der Waals surface area contributed by atoms with Crippen LogP contribution in [0, 0.1) is 0 Å². The number of carbonyl (C=O) groups is 2. The third kappa shape index (κ3) is 3.95. The minimum absolute atomic E-state index is 0.102. The van der Waals surface area contributed by atoms with Crippen LogP contribution in [-0.2, 0) is 16.0 Å². The standard InChI is InChI=1S/C22H30N4O3/c1-22(2,3)29-21(28)26-15-7-8-16(26)12-17(11-15)25(4)19(27)10-14-13-24-20-18(14)6-5-9-23-20/h5-6,9,13,15-17H,7-8,10-12H2,1-4H3,(H,23,24). The van der Waals surface area contributed by atoms with Crippen molar-refractivity contribution in [2.24, 2.45) is 0 Å². The molecule has 2 atom stereocenters. The number of aromatic nitrogens is 2. The van der Waals surface area contributed by atoms with Crippen LogP contribution in [0.3, 0.4) is 0 Å². The number of carbonyl (C=O) groups excluding carboxylic acids is 2. The van der Waals surface area contributed by atoms with E-state index in [0.717, 1.165) is 42.3 Å². The molecule has 29 heavy (non-hydrogen) atoms. The van der Waals surface area contributed by atoms with Crippen molar-refractivity contribution in [3.05, 3.63) is 30.1 Å². The predicted molar refractivity (Wildman–Crippen MR) is 110 cm³/mol. The highest BCUT2D eigenvalue weighted by Gasteiger charge is 2.46. The van der Waals surface area contributed by atoms with Crippen LogP contribution in [0.25, 0.3) is 11.0 Å². The van der Waals surface area contributed by atoms with Crippen molar-refractivity contribution in [2.45, 2.75) is 76.6 Å². The third-order valence-electron chi connectivity index (χ3n) is 6.13. The van der Waals surface area contributed by atoms with Crippen molar-refractivity contribution in [1.82, 2.24) is 19.8 Å². The van der Waals surface area contributed by atoms with Gasteiger partial charge in [0, 0.05) is 43.0 Å². The number of H-pyrrole nitrogens is 1. The van der Waals surface area contributed by atoms with E-state index in [2.05, 4.69) is 9.97 Å². The molecule has 2 bridgehead atoms. The van der Waals surface area contributed by atoms with Gasteiger partial charge in [0.2, 0.25) is 5.91 Å². The topological polar surface area (TPSA) is 78.5 Å². The Labute approximate surface area is 171 Å². The molecule has 2 aliphatic rings. The Hall–Kier alpha value is -2.57. The monoisotopic (exact) mass is 398 g/mol. The number of hydrogen-bond acceptors (Lipinski definition) is 4. The van der Waals surface area contributed by atoms with E-state index in [9.17, 15) is 9.59 Å². The SMILES string of the molecule is CN(C(=O)Cc1c[nH]c2ncccc12)C1CC2CCC(C1)N2C(=O)OC(C)(C)C. The van der Waals surface area contributed by atoms with Gasteiger partial charge < -0.3 is 19.5 Å². The number of hydrogen-bond donors (Lipinski definition) is 1. The largest absolute Gasteiger partial charge is 0.444 e. The van der Waals surface area contributed by atoms with Crippen molar-refractivity contribution in [3.63, 3.8) is 0 Å². The fourth-order valence-electron chi connectivity index (χ4n) is 4.73. The summed E-state index contributed by atoms with van der Waals surface area (Å²) < 4.78 is 5.61. The Bertz CT molecular complexity index is 902. The van der Waals surface area contributed by atoms with E-state index in [-0.39, 0.29) is 30.1 Å². The summed E-state index contributed by atoms with van der Waals surface area (Å²) in [5.41, 5.74) is 1.29. The van der Waals surface area contributed by atoms with Gasteiger partial charge in [0.1, 0.15) is 11.2 Å². The summed E-state index contributed by atoms with van der Waals surface area (Å²) in [6.45, 7) is 5.69. The number of piperidine rings is 1. The fraction of sp³-hybridized carbons (Fsp3) is 0.591. The molecule has 2 aliphatic heterocycles. The van der Waals surface area contributed by atoms with Crippen LogP contribution in [0.5, 0.6) is 0 Å². The van der Waals surface area contributed by atoms with Crippen molar-refractivity contribution in [1.29, 1.82) is 0 Å². The molecular weight excluding hydrogens is 368 g/mol. The molecule has 4 heterocycles. The minimum Gasteiger partial charge on any atom is -0.444 e. The van der Waals surface area contributed by atoms with E-state index in [0.29, 0.717) is 6.42 Å². The first kappa shape index (κ1) is 19.7. The lowest BCUT2D eigenvalue weighted by Gasteiger charge is -2.42. The van der Waals surface area contributed by atoms with Gasteiger partial charge in [0.15, 0.2) is 0 Å². The number of rotatable bonds is 3. The molecule has 7 heteroatoms. The molecule has 2 saturated heterocycles. The fourth-order valence-corrected chi connectivity index (χ4v) is 4.73. The lowest BCUT2D eigenvalue weighted by atomic mass is 9.96. The molecule has 2 fully saturated rings. The number of pyridine rings is 1. The molecule has 2 aromatic heterocycles. The van der Waals surface area contributed by atoms with Crippen LogP contribution < -0.4 is 0 Å². The van der Waals surface area contributed by atoms with E-state index >= 15 is 0 Å². The molecular formula is C22H30N4O3. The zero-order valence-corrected chi connectivity index (χ0v) is 17.6. The molecule has 0 radical (unpaired) electrons. The van der Waals surface area contributed by atoms with Crippen LogP contribution in [0.1, 0.15) is 52.0 Å². The zero-order chi connectivity index (χ0) is 20.8. The normalized spacial score (nSPS) is 24.0. The number of nitrogens with zero attached hydrogens (tertiary/aromatic N) is 3. The summed E-state index contributed by atoms with van der Waals surface area (Å²) in [4.78, 5) is 36.8. The molecule has 156 valence electrons. The van der Waals surface area contributed by atoms with Crippen LogP contribution >= 0.6 is 0 Å². The van der Waals surface area contributed by atoms with Gasteiger partial charge in [-0.05, 0) is 64.2 Å². The van der Waals surface area contributed by atoms with Gasteiger partial charge in [0.25, 0.3) is 0 Å². The van der Waals surface area contributed by atoms with Gasteiger partial charge in [0.05, 0.1) is 6.42 Å². The highest BCUT2D eigenvalue weighted by molar-refractivity contribution is 5.87. The van der Waals surface area contributed by atoms with Crippen LogP contribution in [0.2, 0.25) is 0 Å². The Balaban J connectivity index is 1.41. The van der Waals surface area contributed by atoms with E-state index in [4.69, 9.17) is 4.74 Å².